The number of nitrogens with zero attached hydrogens (tertiary/aromatic N) is 1. The van der Waals surface area contributed by atoms with Crippen molar-refractivity contribution < 1.29 is 23.8 Å². The van der Waals surface area contributed by atoms with Crippen molar-refractivity contribution in [3.63, 3.8) is 0 Å². The number of oxazole rings is 1. The summed E-state index contributed by atoms with van der Waals surface area (Å²) in [5.41, 5.74) is 1.67. The van der Waals surface area contributed by atoms with Crippen LogP contribution in [-0.2, 0) is 11.2 Å². The smallest absolute Gasteiger partial charge is 0.347 e. The monoisotopic (exact) mass is 463 g/mol. The van der Waals surface area contributed by atoms with Crippen molar-refractivity contribution in [1.29, 1.82) is 0 Å². The summed E-state index contributed by atoms with van der Waals surface area (Å²) >= 11 is 1.71. The van der Waals surface area contributed by atoms with Crippen LogP contribution < -0.4 is 9.47 Å². The van der Waals surface area contributed by atoms with Gasteiger partial charge in [-0.1, -0.05) is 18.2 Å². The second kappa shape index (κ2) is 9.50. The molecule has 0 aliphatic carbocycles. The SMILES string of the molecule is Cc1oc(-c2ccc(-c3cccs3)cc2)nc1CCOc1ccc(OC(C)(C)C(=O)O)cc1. The van der Waals surface area contributed by atoms with E-state index in [0.717, 1.165) is 17.0 Å². The molecule has 6 nitrogen and oxygen atoms in total. The normalized spacial score (nSPS) is 11.4. The zero-order valence-corrected chi connectivity index (χ0v) is 19.5. The standard InChI is InChI=1S/C26H25NO5S/c1-17-22(14-15-30-20-10-12-21(13-11-20)32-26(2,3)25(28)29)27-24(31-17)19-8-6-18(7-9-19)23-5-4-16-33-23/h4-13,16H,14-15H2,1-3H3,(H,28,29). The van der Waals surface area contributed by atoms with E-state index in [2.05, 4.69) is 28.6 Å². The molecule has 4 aromatic rings. The lowest BCUT2D eigenvalue weighted by molar-refractivity contribution is -0.152. The van der Waals surface area contributed by atoms with Crippen LogP contribution >= 0.6 is 11.3 Å². The zero-order chi connectivity index (χ0) is 23.4. The highest BCUT2D eigenvalue weighted by atomic mass is 32.1. The lowest BCUT2D eigenvalue weighted by atomic mass is 10.1. The number of aliphatic carboxylic acids is 1. The maximum Gasteiger partial charge on any atom is 0.347 e. The van der Waals surface area contributed by atoms with Crippen LogP contribution in [0.2, 0.25) is 0 Å². The zero-order valence-electron chi connectivity index (χ0n) is 18.7. The van der Waals surface area contributed by atoms with Crippen molar-refractivity contribution >= 4 is 17.3 Å². The van der Waals surface area contributed by atoms with Crippen LogP contribution in [0.3, 0.4) is 0 Å². The summed E-state index contributed by atoms with van der Waals surface area (Å²) in [4.78, 5) is 17.1. The molecule has 1 N–H and O–H groups in total. The van der Waals surface area contributed by atoms with Crippen molar-refractivity contribution in [2.45, 2.75) is 32.8 Å². The molecule has 0 unspecified atom stereocenters. The number of aromatic nitrogens is 1. The summed E-state index contributed by atoms with van der Waals surface area (Å²) in [5.74, 6) is 1.49. The Bertz CT molecular complexity index is 1210. The van der Waals surface area contributed by atoms with Gasteiger partial charge in [0.25, 0.3) is 0 Å². The third kappa shape index (κ3) is 5.43. The van der Waals surface area contributed by atoms with E-state index in [4.69, 9.17) is 19.0 Å². The van der Waals surface area contributed by atoms with Gasteiger partial charge in [0.1, 0.15) is 17.3 Å². The molecule has 0 aliphatic rings. The average Bonchev–Trinajstić information content (AvgIpc) is 3.45. The minimum atomic E-state index is -1.30. The maximum absolute atomic E-state index is 11.2. The number of aryl methyl sites for hydroxylation is 1. The molecule has 170 valence electrons. The molecule has 0 fully saturated rings. The number of carboxylic acids is 1. The fourth-order valence-electron chi connectivity index (χ4n) is 3.21. The lowest BCUT2D eigenvalue weighted by Gasteiger charge is -2.21. The van der Waals surface area contributed by atoms with E-state index < -0.39 is 11.6 Å². The highest BCUT2D eigenvalue weighted by Crippen LogP contribution is 2.28. The number of thiophene rings is 1. The van der Waals surface area contributed by atoms with Crippen LogP contribution in [0.15, 0.2) is 70.5 Å². The molecule has 0 saturated carbocycles. The fraction of sp³-hybridized carbons (Fsp3) is 0.231. The van der Waals surface area contributed by atoms with E-state index in [0.29, 0.717) is 30.4 Å². The van der Waals surface area contributed by atoms with Crippen molar-refractivity contribution in [3.8, 4) is 33.4 Å². The van der Waals surface area contributed by atoms with Crippen LogP contribution in [0, 0.1) is 6.92 Å². The van der Waals surface area contributed by atoms with Gasteiger partial charge < -0.3 is 19.0 Å². The Labute approximate surface area is 196 Å². The van der Waals surface area contributed by atoms with Crippen LogP contribution in [0.4, 0.5) is 0 Å². The van der Waals surface area contributed by atoms with Gasteiger partial charge in [-0.05, 0) is 74.2 Å². The molecule has 0 atom stereocenters. The third-order valence-corrected chi connectivity index (χ3v) is 6.07. The summed E-state index contributed by atoms with van der Waals surface area (Å²) < 4.78 is 17.2. The summed E-state index contributed by atoms with van der Waals surface area (Å²) in [5, 5.41) is 11.2. The Hall–Kier alpha value is -3.58. The molecule has 2 heterocycles. The number of hydrogen-bond donors (Lipinski definition) is 1. The van der Waals surface area contributed by atoms with Crippen molar-refractivity contribution in [2.75, 3.05) is 6.61 Å². The summed E-state index contributed by atoms with van der Waals surface area (Å²) in [6.07, 6.45) is 0.604. The molecule has 33 heavy (non-hydrogen) atoms. The van der Waals surface area contributed by atoms with Crippen molar-refractivity contribution in [1.82, 2.24) is 4.98 Å². The minimum absolute atomic E-state index is 0.435. The van der Waals surface area contributed by atoms with E-state index in [1.54, 1.807) is 35.6 Å². The number of carbonyl (C=O) groups is 1. The Kier molecular flexibility index (Phi) is 6.51. The molecule has 2 aromatic heterocycles. The van der Waals surface area contributed by atoms with Gasteiger partial charge in [0.05, 0.1) is 12.3 Å². The predicted octanol–water partition coefficient (Wildman–Crippen LogP) is 6.24. The third-order valence-electron chi connectivity index (χ3n) is 5.15. The first-order valence-corrected chi connectivity index (χ1v) is 11.5. The summed E-state index contributed by atoms with van der Waals surface area (Å²) in [6.45, 7) is 5.35. The van der Waals surface area contributed by atoms with Crippen LogP contribution in [0.1, 0.15) is 25.3 Å². The highest BCUT2D eigenvalue weighted by Gasteiger charge is 2.29. The van der Waals surface area contributed by atoms with Gasteiger partial charge >= 0.3 is 5.97 Å². The van der Waals surface area contributed by atoms with E-state index >= 15 is 0 Å². The van der Waals surface area contributed by atoms with Gasteiger partial charge in [0, 0.05) is 16.9 Å². The fourth-order valence-corrected chi connectivity index (χ4v) is 3.94. The predicted molar refractivity (Wildman–Crippen MR) is 128 cm³/mol. The minimum Gasteiger partial charge on any atom is -0.493 e. The molecule has 0 bridgehead atoms. The number of hydrogen-bond acceptors (Lipinski definition) is 6. The summed E-state index contributed by atoms with van der Waals surface area (Å²) in [6, 6.07) is 19.2. The highest BCUT2D eigenvalue weighted by molar-refractivity contribution is 7.13. The lowest BCUT2D eigenvalue weighted by Crippen LogP contribution is -2.37. The van der Waals surface area contributed by atoms with Crippen LogP contribution in [-0.4, -0.2) is 28.3 Å². The number of carboxylic acid groups (broad SMARTS) is 1. The topological polar surface area (TPSA) is 81.8 Å². The number of rotatable bonds is 9. The Balaban J connectivity index is 1.34. The second-order valence-corrected chi connectivity index (χ2v) is 9.01. The Morgan fingerprint density at radius 3 is 2.33 bits per heavy atom. The second-order valence-electron chi connectivity index (χ2n) is 8.06. The molecule has 0 amide bonds. The molecule has 2 aromatic carbocycles. The first-order valence-electron chi connectivity index (χ1n) is 10.6. The molecular formula is C26H25NO5S. The van der Waals surface area contributed by atoms with Gasteiger partial charge in [-0.25, -0.2) is 9.78 Å². The molecular weight excluding hydrogens is 438 g/mol. The van der Waals surface area contributed by atoms with Gasteiger partial charge in [0.15, 0.2) is 5.60 Å². The van der Waals surface area contributed by atoms with Crippen LogP contribution in [0.25, 0.3) is 21.9 Å². The first-order chi connectivity index (χ1) is 15.8. The maximum atomic E-state index is 11.2. The van der Waals surface area contributed by atoms with E-state index in [-0.39, 0.29) is 0 Å². The van der Waals surface area contributed by atoms with Crippen molar-refractivity contribution in [3.05, 3.63) is 77.5 Å². The first kappa shape index (κ1) is 22.6. The Morgan fingerprint density at radius 2 is 1.70 bits per heavy atom. The quantitative estimate of drug-likeness (QED) is 0.316. The van der Waals surface area contributed by atoms with E-state index in [1.165, 1.54) is 24.3 Å². The molecule has 0 saturated heterocycles. The van der Waals surface area contributed by atoms with Gasteiger partial charge in [-0.3, -0.25) is 0 Å². The van der Waals surface area contributed by atoms with Crippen LogP contribution in [0.5, 0.6) is 11.5 Å². The molecule has 4 rings (SSSR count). The van der Waals surface area contributed by atoms with Gasteiger partial charge in [0.2, 0.25) is 5.89 Å². The molecule has 0 radical (unpaired) electrons. The number of benzene rings is 2. The average molecular weight is 464 g/mol. The van der Waals surface area contributed by atoms with E-state index in [1.807, 2.05) is 25.1 Å². The van der Waals surface area contributed by atoms with Gasteiger partial charge in [-0.15, -0.1) is 11.3 Å². The largest absolute Gasteiger partial charge is 0.493 e. The van der Waals surface area contributed by atoms with Gasteiger partial charge in [-0.2, -0.15) is 0 Å². The number of ether oxygens (including phenoxy) is 2. The summed E-state index contributed by atoms with van der Waals surface area (Å²) in [7, 11) is 0. The van der Waals surface area contributed by atoms with E-state index in [9.17, 15) is 4.79 Å². The molecule has 0 aliphatic heterocycles. The Morgan fingerprint density at radius 1 is 1.03 bits per heavy atom. The molecule has 7 heteroatoms. The van der Waals surface area contributed by atoms with Crippen molar-refractivity contribution in [2.24, 2.45) is 0 Å². The molecule has 0 spiro atoms.